The molecule has 2 fully saturated rings. The van der Waals surface area contributed by atoms with Crippen molar-refractivity contribution < 1.29 is 14.6 Å². The molecule has 0 bridgehead atoms. The number of carbonyl (C=O) groups is 1. The molecule has 1 aromatic rings. The molecule has 5 nitrogen and oxygen atoms in total. The Kier molecular flexibility index (Phi) is 4.56. The van der Waals surface area contributed by atoms with Gasteiger partial charge in [-0.2, -0.15) is 0 Å². The van der Waals surface area contributed by atoms with Gasteiger partial charge in [0.25, 0.3) is 0 Å². The number of likely N-dealkylation sites (tertiary alicyclic amines) is 1. The summed E-state index contributed by atoms with van der Waals surface area (Å²) in [7, 11) is 0. The molecule has 4 rings (SSSR count). The number of aliphatic hydroxyl groups is 1. The molecule has 5 heteroatoms. The number of carbonyl (C=O) groups excluding carboxylic acids is 1. The minimum Gasteiger partial charge on any atom is -0.392 e. The Morgan fingerprint density at radius 1 is 1.32 bits per heavy atom. The normalized spacial score (nSPS) is 30.6. The first kappa shape index (κ1) is 17.0. The Balaban J connectivity index is 1.37. The summed E-state index contributed by atoms with van der Waals surface area (Å²) >= 11 is 0. The molecule has 25 heavy (non-hydrogen) atoms. The first-order chi connectivity index (χ1) is 12.1. The largest absolute Gasteiger partial charge is 0.392 e. The maximum atomic E-state index is 12.9. The molecule has 2 heterocycles. The highest BCUT2D eigenvalue weighted by Crippen LogP contribution is 2.51. The lowest BCUT2D eigenvalue weighted by atomic mass is 9.58. The van der Waals surface area contributed by atoms with Crippen molar-refractivity contribution in [2.45, 2.75) is 57.4 Å². The zero-order valence-corrected chi connectivity index (χ0v) is 14.9. The Labute approximate surface area is 149 Å². The fourth-order valence-electron chi connectivity index (χ4n) is 4.81. The van der Waals surface area contributed by atoms with Crippen LogP contribution in [-0.4, -0.2) is 53.9 Å². The SMILES string of the molecule is CCO[C@@H]1C[C@@H](O)C12CCN(C(=O)[C@@H]1Cc3ccccc3CN1)CC2. The number of hydrogen-bond acceptors (Lipinski definition) is 4. The lowest BCUT2D eigenvalue weighted by molar-refractivity contribution is -0.210. The van der Waals surface area contributed by atoms with Gasteiger partial charge in [0.15, 0.2) is 0 Å². The summed E-state index contributed by atoms with van der Waals surface area (Å²) < 4.78 is 5.82. The molecular weight excluding hydrogens is 316 g/mol. The number of benzene rings is 1. The number of piperidine rings is 1. The second kappa shape index (κ2) is 6.71. The van der Waals surface area contributed by atoms with Crippen LogP contribution < -0.4 is 5.32 Å². The molecule has 0 radical (unpaired) electrons. The van der Waals surface area contributed by atoms with Gasteiger partial charge in [-0.05, 0) is 37.3 Å². The summed E-state index contributed by atoms with van der Waals surface area (Å²) in [6, 6.07) is 8.21. The summed E-state index contributed by atoms with van der Waals surface area (Å²) in [5, 5.41) is 13.7. The quantitative estimate of drug-likeness (QED) is 0.872. The van der Waals surface area contributed by atoms with E-state index in [4.69, 9.17) is 4.74 Å². The molecule has 1 spiro atoms. The standard InChI is InChI=1S/C20H28N2O3/c1-2-25-18-12-17(23)20(18)7-9-22(10-8-20)19(24)16-11-14-5-3-4-6-15(14)13-21-16/h3-6,16-18,21,23H,2,7-13H2,1H3/t16-,17+,18+/m0/s1. The molecule has 2 N–H and O–H groups in total. The Morgan fingerprint density at radius 3 is 2.72 bits per heavy atom. The van der Waals surface area contributed by atoms with Crippen molar-refractivity contribution in [1.29, 1.82) is 0 Å². The topological polar surface area (TPSA) is 61.8 Å². The maximum absolute atomic E-state index is 12.9. The van der Waals surface area contributed by atoms with E-state index in [9.17, 15) is 9.90 Å². The number of fused-ring (bicyclic) bond motifs is 1. The number of nitrogens with zero attached hydrogens (tertiary/aromatic N) is 1. The van der Waals surface area contributed by atoms with E-state index in [-0.39, 0.29) is 29.6 Å². The van der Waals surface area contributed by atoms with Gasteiger partial charge in [0.2, 0.25) is 5.91 Å². The Morgan fingerprint density at radius 2 is 2.04 bits per heavy atom. The van der Waals surface area contributed by atoms with Crippen molar-refractivity contribution in [3.05, 3.63) is 35.4 Å². The third-order valence-electron chi connectivity index (χ3n) is 6.50. The molecular formula is C20H28N2O3. The lowest BCUT2D eigenvalue weighted by Gasteiger charge is -2.56. The van der Waals surface area contributed by atoms with Crippen molar-refractivity contribution in [3.63, 3.8) is 0 Å². The number of nitrogens with one attached hydrogen (secondary N) is 1. The van der Waals surface area contributed by atoms with Gasteiger partial charge in [-0.25, -0.2) is 0 Å². The summed E-state index contributed by atoms with van der Waals surface area (Å²) in [6.45, 7) is 4.89. The molecule has 3 aliphatic rings. The predicted octanol–water partition coefficient (Wildman–Crippen LogP) is 1.48. The van der Waals surface area contributed by atoms with Crippen LogP contribution in [0.1, 0.15) is 37.3 Å². The van der Waals surface area contributed by atoms with Crippen LogP contribution >= 0.6 is 0 Å². The summed E-state index contributed by atoms with van der Waals surface area (Å²) in [6.07, 6.45) is 3.07. The third kappa shape index (κ3) is 2.88. The van der Waals surface area contributed by atoms with Gasteiger partial charge in [0.1, 0.15) is 0 Å². The van der Waals surface area contributed by atoms with E-state index in [1.54, 1.807) is 0 Å². The van der Waals surface area contributed by atoms with Gasteiger partial charge < -0.3 is 20.1 Å². The zero-order chi connectivity index (χ0) is 17.4. The smallest absolute Gasteiger partial charge is 0.240 e. The molecule has 0 aromatic heterocycles. The van der Waals surface area contributed by atoms with Crippen LogP contribution in [-0.2, 0) is 22.5 Å². The molecule has 136 valence electrons. The average Bonchev–Trinajstić information content (AvgIpc) is 2.67. The summed E-state index contributed by atoms with van der Waals surface area (Å²) in [4.78, 5) is 14.9. The van der Waals surface area contributed by atoms with Gasteiger partial charge in [0, 0.05) is 38.1 Å². The van der Waals surface area contributed by atoms with Gasteiger partial charge in [0.05, 0.1) is 18.2 Å². The van der Waals surface area contributed by atoms with Gasteiger partial charge >= 0.3 is 0 Å². The van der Waals surface area contributed by atoms with E-state index in [2.05, 4.69) is 17.4 Å². The van der Waals surface area contributed by atoms with E-state index in [1.165, 1.54) is 11.1 Å². The molecule has 0 unspecified atom stereocenters. The number of amides is 1. The van der Waals surface area contributed by atoms with Crippen molar-refractivity contribution in [2.24, 2.45) is 5.41 Å². The van der Waals surface area contributed by atoms with E-state index < -0.39 is 0 Å². The van der Waals surface area contributed by atoms with Gasteiger partial charge in [-0.15, -0.1) is 0 Å². The number of ether oxygens (including phenoxy) is 1. The second-order valence-corrected chi connectivity index (χ2v) is 7.66. The molecule has 3 atom stereocenters. The van der Waals surface area contributed by atoms with Crippen LogP contribution in [0.5, 0.6) is 0 Å². The Bertz CT molecular complexity index is 638. The number of rotatable bonds is 3. The molecule has 1 saturated heterocycles. The molecule has 1 saturated carbocycles. The minimum absolute atomic E-state index is 0.126. The molecule has 2 aliphatic heterocycles. The van der Waals surface area contributed by atoms with Crippen LogP contribution in [0, 0.1) is 5.41 Å². The Hall–Kier alpha value is -1.43. The van der Waals surface area contributed by atoms with E-state index in [0.717, 1.165) is 45.3 Å². The summed E-state index contributed by atoms with van der Waals surface area (Å²) in [5.74, 6) is 0.200. The molecule has 1 aromatic carbocycles. The minimum atomic E-state index is -0.277. The predicted molar refractivity (Wildman–Crippen MR) is 95.1 cm³/mol. The first-order valence-corrected chi connectivity index (χ1v) is 9.52. The highest BCUT2D eigenvalue weighted by Gasteiger charge is 2.56. The van der Waals surface area contributed by atoms with Crippen molar-refractivity contribution in [1.82, 2.24) is 10.2 Å². The lowest BCUT2D eigenvalue weighted by Crippen LogP contribution is -2.63. The summed E-state index contributed by atoms with van der Waals surface area (Å²) in [5.41, 5.74) is 2.44. The van der Waals surface area contributed by atoms with Crippen LogP contribution in [0.3, 0.4) is 0 Å². The van der Waals surface area contributed by atoms with Crippen LogP contribution in [0.25, 0.3) is 0 Å². The highest BCUT2D eigenvalue weighted by atomic mass is 16.5. The van der Waals surface area contributed by atoms with Crippen LogP contribution in [0.2, 0.25) is 0 Å². The van der Waals surface area contributed by atoms with Gasteiger partial charge in [-0.3, -0.25) is 4.79 Å². The zero-order valence-electron chi connectivity index (χ0n) is 14.9. The second-order valence-electron chi connectivity index (χ2n) is 7.66. The highest BCUT2D eigenvalue weighted by molar-refractivity contribution is 5.82. The third-order valence-corrected chi connectivity index (χ3v) is 6.50. The maximum Gasteiger partial charge on any atom is 0.240 e. The van der Waals surface area contributed by atoms with Gasteiger partial charge in [-0.1, -0.05) is 24.3 Å². The number of aliphatic hydroxyl groups excluding tert-OH is 1. The van der Waals surface area contributed by atoms with Crippen molar-refractivity contribution >= 4 is 5.91 Å². The van der Waals surface area contributed by atoms with Crippen LogP contribution in [0.15, 0.2) is 24.3 Å². The van der Waals surface area contributed by atoms with Crippen molar-refractivity contribution in [3.8, 4) is 0 Å². The fourth-order valence-corrected chi connectivity index (χ4v) is 4.81. The first-order valence-electron chi connectivity index (χ1n) is 9.52. The van der Waals surface area contributed by atoms with E-state index >= 15 is 0 Å². The average molecular weight is 344 g/mol. The van der Waals surface area contributed by atoms with E-state index in [1.807, 2.05) is 24.0 Å². The number of hydrogen-bond donors (Lipinski definition) is 2. The van der Waals surface area contributed by atoms with E-state index in [0.29, 0.717) is 6.61 Å². The molecule has 1 amide bonds. The van der Waals surface area contributed by atoms with Crippen LogP contribution in [0.4, 0.5) is 0 Å². The fraction of sp³-hybridized carbons (Fsp3) is 0.650. The monoisotopic (exact) mass is 344 g/mol. The van der Waals surface area contributed by atoms with Crippen molar-refractivity contribution in [2.75, 3.05) is 19.7 Å². The molecule has 1 aliphatic carbocycles.